The third-order valence-electron chi connectivity index (χ3n) is 8.57. The van der Waals surface area contributed by atoms with Crippen LogP contribution in [-0.4, -0.2) is 97.4 Å². The van der Waals surface area contributed by atoms with E-state index in [0.29, 0.717) is 25.7 Å². The maximum atomic E-state index is 14.1. The molecule has 4 rings (SSSR count). The summed E-state index contributed by atoms with van der Waals surface area (Å²) in [7, 11) is -3.90. The monoisotopic (exact) mass is 668 g/mol. The SMILES string of the molecule is CCCC(C)C(=O)OC1CC2C(=O)NC3(C(=O)NS(=O)(=O)C4CC4)CC3/C=C\COCCCC(NC(=O)OC(C)(C)C)C(=O)N2C1. The van der Waals surface area contributed by atoms with Crippen LogP contribution in [0.15, 0.2) is 12.2 Å². The van der Waals surface area contributed by atoms with Gasteiger partial charge in [-0.1, -0.05) is 32.4 Å². The van der Waals surface area contributed by atoms with E-state index in [1.165, 1.54) is 4.90 Å². The molecular weight excluding hydrogens is 620 g/mol. The highest BCUT2D eigenvalue weighted by molar-refractivity contribution is 7.91. The number of nitrogens with one attached hydrogen (secondary N) is 3. The summed E-state index contributed by atoms with van der Waals surface area (Å²) >= 11 is 0. The number of hydrogen-bond donors (Lipinski definition) is 3. The third-order valence-corrected chi connectivity index (χ3v) is 10.4. The van der Waals surface area contributed by atoms with E-state index < -0.39 is 80.3 Å². The van der Waals surface area contributed by atoms with Crippen LogP contribution in [0.1, 0.15) is 86.0 Å². The van der Waals surface area contributed by atoms with Crippen LogP contribution in [0.5, 0.6) is 0 Å². The summed E-state index contributed by atoms with van der Waals surface area (Å²) in [5.74, 6) is -3.45. The minimum absolute atomic E-state index is 0.0387. The van der Waals surface area contributed by atoms with Crippen LogP contribution in [0.4, 0.5) is 4.79 Å². The molecule has 14 nitrogen and oxygen atoms in total. The van der Waals surface area contributed by atoms with Crippen molar-refractivity contribution >= 4 is 39.8 Å². The molecule has 2 heterocycles. The van der Waals surface area contributed by atoms with Crippen LogP contribution < -0.4 is 15.4 Å². The Morgan fingerprint density at radius 3 is 2.57 bits per heavy atom. The van der Waals surface area contributed by atoms with Crippen molar-refractivity contribution < 1.29 is 46.6 Å². The molecule has 258 valence electrons. The molecule has 15 heteroatoms. The van der Waals surface area contributed by atoms with E-state index in [9.17, 15) is 32.4 Å². The van der Waals surface area contributed by atoms with Gasteiger partial charge in [0.05, 0.1) is 24.3 Å². The molecule has 6 unspecified atom stereocenters. The average molecular weight is 669 g/mol. The molecular formula is C31H48N4O10S. The summed E-state index contributed by atoms with van der Waals surface area (Å²) in [6, 6.07) is -2.25. The van der Waals surface area contributed by atoms with Gasteiger partial charge >= 0.3 is 12.1 Å². The number of sulfonamides is 1. The quantitative estimate of drug-likeness (QED) is 0.254. The normalized spacial score (nSPS) is 30.3. The summed E-state index contributed by atoms with van der Waals surface area (Å²) in [6.45, 7) is 9.12. The Morgan fingerprint density at radius 1 is 1.20 bits per heavy atom. The fourth-order valence-corrected chi connectivity index (χ4v) is 7.21. The molecule has 4 aliphatic rings. The zero-order chi connectivity index (χ0) is 33.9. The number of carbonyl (C=O) groups is 5. The van der Waals surface area contributed by atoms with Gasteiger partial charge in [0.25, 0.3) is 5.91 Å². The van der Waals surface area contributed by atoms with Crippen LogP contribution in [0.25, 0.3) is 0 Å². The molecule has 4 amide bonds. The molecule has 2 aliphatic carbocycles. The highest BCUT2D eigenvalue weighted by atomic mass is 32.2. The van der Waals surface area contributed by atoms with Gasteiger partial charge in [0, 0.05) is 18.9 Å². The second kappa shape index (κ2) is 14.3. The lowest BCUT2D eigenvalue weighted by molar-refractivity contribution is -0.153. The molecule has 0 bridgehead atoms. The van der Waals surface area contributed by atoms with Crippen LogP contribution in [0.3, 0.4) is 0 Å². The molecule has 0 radical (unpaired) electrons. The Balaban J connectivity index is 1.62. The number of rotatable bonds is 8. The van der Waals surface area contributed by atoms with E-state index in [1.54, 1.807) is 39.8 Å². The third kappa shape index (κ3) is 8.99. The first kappa shape index (κ1) is 35.7. The van der Waals surface area contributed by atoms with E-state index in [0.717, 1.165) is 6.42 Å². The van der Waals surface area contributed by atoms with Gasteiger partial charge in [0.2, 0.25) is 21.8 Å². The van der Waals surface area contributed by atoms with E-state index in [4.69, 9.17) is 14.2 Å². The Labute approximate surface area is 270 Å². The highest BCUT2D eigenvalue weighted by Crippen LogP contribution is 2.46. The minimum Gasteiger partial charge on any atom is -0.460 e. The predicted molar refractivity (Wildman–Crippen MR) is 165 cm³/mol. The summed E-state index contributed by atoms with van der Waals surface area (Å²) < 4.78 is 44.2. The smallest absolute Gasteiger partial charge is 0.408 e. The number of esters is 1. The van der Waals surface area contributed by atoms with Gasteiger partial charge in [-0.05, 0) is 59.3 Å². The summed E-state index contributed by atoms with van der Waals surface area (Å²) in [5, 5.41) is 4.74. The maximum Gasteiger partial charge on any atom is 0.408 e. The molecule has 3 fully saturated rings. The standard InChI is InChI=1S/C31H48N4O10S/c1-6-9-19(2)27(38)44-21-16-24-25(36)33-31(28(39)34-46(41,42)22-12-13-22)17-20(31)10-7-14-43-15-8-11-23(26(37)35(24)18-21)32-29(40)45-30(3,4)5/h7,10,19-24H,6,8-9,11-18H2,1-5H3,(H,32,40)(H,33,36)(H,34,39)/b10-7-. The average Bonchev–Trinajstić information content (AvgIpc) is 3.87. The van der Waals surface area contributed by atoms with Crippen molar-refractivity contribution in [2.75, 3.05) is 19.8 Å². The van der Waals surface area contributed by atoms with Crippen molar-refractivity contribution in [1.82, 2.24) is 20.3 Å². The maximum absolute atomic E-state index is 14.1. The fraction of sp³-hybridized carbons (Fsp3) is 0.774. The highest BCUT2D eigenvalue weighted by Gasteiger charge is 2.62. The predicted octanol–water partition coefficient (Wildman–Crippen LogP) is 1.68. The summed E-state index contributed by atoms with van der Waals surface area (Å²) in [5.41, 5.74) is -2.38. The number of carbonyl (C=O) groups excluding carboxylic acids is 5. The topological polar surface area (TPSA) is 187 Å². The molecule has 3 N–H and O–H groups in total. The van der Waals surface area contributed by atoms with E-state index in [2.05, 4.69) is 15.4 Å². The fourth-order valence-electron chi connectivity index (χ4n) is 5.84. The molecule has 0 spiro atoms. The Bertz CT molecular complexity index is 1320. The van der Waals surface area contributed by atoms with Gasteiger partial charge in [0.1, 0.15) is 29.3 Å². The van der Waals surface area contributed by atoms with E-state index >= 15 is 0 Å². The minimum atomic E-state index is -3.90. The molecule has 0 aromatic heterocycles. The van der Waals surface area contributed by atoms with Crippen molar-refractivity contribution in [2.24, 2.45) is 11.8 Å². The lowest BCUT2D eigenvalue weighted by atomic mass is 10.1. The van der Waals surface area contributed by atoms with Gasteiger partial charge in [-0.25, -0.2) is 13.2 Å². The van der Waals surface area contributed by atoms with Crippen LogP contribution in [0, 0.1) is 11.8 Å². The Morgan fingerprint density at radius 2 is 1.91 bits per heavy atom. The first-order valence-corrected chi connectivity index (χ1v) is 17.7. The first-order chi connectivity index (χ1) is 21.6. The lowest BCUT2D eigenvalue weighted by Gasteiger charge is -2.30. The van der Waals surface area contributed by atoms with E-state index in [-0.39, 0.29) is 44.9 Å². The van der Waals surface area contributed by atoms with Crippen LogP contribution in [-0.2, 0) is 43.4 Å². The van der Waals surface area contributed by atoms with E-state index in [1.807, 2.05) is 6.92 Å². The molecule has 2 saturated carbocycles. The van der Waals surface area contributed by atoms with Crippen molar-refractivity contribution in [3.8, 4) is 0 Å². The second-order valence-electron chi connectivity index (χ2n) is 13.8. The second-order valence-corrected chi connectivity index (χ2v) is 15.7. The largest absolute Gasteiger partial charge is 0.460 e. The molecule has 0 aromatic rings. The Kier molecular flexibility index (Phi) is 11.1. The number of alkyl carbamates (subject to hydrolysis) is 1. The molecule has 2 aliphatic heterocycles. The first-order valence-electron chi connectivity index (χ1n) is 16.2. The van der Waals surface area contributed by atoms with Crippen molar-refractivity contribution in [3.05, 3.63) is 12.2 Å². The number of amides is 4. The van der Waals surface area contributed by atoms with Gasteiger partial charge in [0.15, 0.2) is 0 Å². The van der Waals surface area contributed by atoms with Crippen LogP contribution in [0.2, 0.25) is 0 Å². The molecule has 46 heavy (non-hydrogen) atoms. The zero-order valence-corrected chi connectivity index (χ0v) is 28.2. The van der Waals surface area contributed by atoms with Gasteiger partial charge in [-0.2, -0.15) is 0 Å². The van der Waals surface area contributed by atoms with Crippen LogP contribution >= 0.6 is 0 Å². The van der Waals surface area contributed by atoms with Crippen molar-refractivity contribution in [2.45, 2.75) is 121 Å². The number of ether oxygens (including phenoxy) is 3. The van der Waals surface area contributed by atoms with Gasteiger partial charge in [-0.3, -0.25) is 23.9 Å². The van der Waals surface area contributed by atoms with Gasteiger partial charge in [-0.15, -0.1) is 0 Å². The molecule has 0 aromatic carbocycles. The Hall–Kier alpha value is -3.20. The van der Waals surface area contributed by atoms with Crippen molar-refractivity contribution in [1.29, 1.82) is 0 Å². The number of nitrogens with zero attached hydrogens (tertiary/aromatic N) is 1. The molecule has 1 saturated heterocycles. The number of hydrogen-bond acceptors (Lipinski definition) is 10. The summed E-state index contributed by atoms with van der Waals surface area (Å²) in [4.78, 5) is 68.3. The lowest BCUT2D eigenvalue weighted by Crippen LogP contribution is -2.58. The molecule has 6 atom stereocenters. The van der Waals surface area contributed by atoms with Crippen molar-refractivity contribution in [3.63, 3.8) is 0 Å². The summed E-state index contributed by atoms with van der Waals surface area (Å²) in [6.07, 6.45) is 4.78. The van der Waals surface area contributed by atoms with Gasteiger partial charge < -0.3 is 29.7 Å². The zero-order valence-electron chi connectivity index (χ0n) is 27.3. The number of fused-ring (bicyclic) bond motifs is 2.